The van der Waals surface area contributed by atoms with Crippen LogP contribution in [0.3, 0.4) is 0 Å². The number of aliphatic hydroxyl groups is 1. The fourth-order valence-electron chi connectivity index (χ4n) is 4.49. The molecule has 0 aromatic heterocycles. The van der Waals surface area contributed by atoms with Crippen molar-refractivity contribution in [1.29, 1.82) is 0 Å². The summed E-state index contributed by atoms with van der Waals surface area (Å²) < 4.78 is 16.1. The fourth-order valence-corrected chi connectivity index (χ4v) is 4.49. The van der Waals surface area contributed by atoms with Crippen molar-refractivity contribution in [1.82, 2.24) is 0 Å². The molecule has 4 atom stereocenters. The Hall–Kier alpha value is -2.08. The van der Waals surface area contributed by atoms with Gasteiger partial charge in [-0.05, 0) is 42.7 Å². The van der Waals surface area contributed by atoms with Crippen molar-refractivity contribution < 1.29 is 28.9 Å². The smallest absolute Gasteiger partial charge is 0.338 e. The van der Waals surface area contributed by atoms with Crippen LogP contribution >= 0.6 is 0 Å². The molecule has 1 saturated heterocycles. The molecule has 25 heavy (non-hydrogen) atoms. The van der Waals surface area contributed by atoms with E-state index >= 15 is 0 Å². The van der Waals surface area contributed by atoms with Crippen LogP contribution in [0.5, 0.6) is 0 Å². The second-order valence-corrected chi connectivity index (χ2v) is 7.81. The van der Waals surface area contributed by atoms with E-state index in [-0.39, 0.29) is 5.41 Å². The molecule has 6 nitrogen and oxygen atoms in total. The van der Waals surface area contributed by atoms with Gasteiger partial charge in [0.1, 0.15) is 6.10 Å². The van der Waals surface area contributed by atoms with E-state index in [1.54, 1.807) is 13.0 Å². The lowest BCUT2D eigenvalue weighted by Crippen LogP contribution is -2.27. The molecular weight excluding hydrogens is 324 g/mol. The molecular formula is C19H22O6. The highest BCUT2D eigenvalue weighted by Gasteiger charge is 2.56. The number of rotatable bonds is 2. The average molecular weight is 346 g/mol. The molecule has 0 amide bonds. The summed E-state index contributed by atoms with van der Waals surface area (Å²) in [6.45, 7) is 5.90. The molecule has 2 aliphatic carbocycles. The maximum Gasteiger partial charge on any atom is 0.338 e. The van der Waals surface area contributed by atoms with Gasteiger partial charge in [-0.1, -0.05) is 13.8 Å². The summed E-state index contributed by atoms with van der Waals surface area (Å²) in [5, 5.41) is 10.8. The summed E-state index contributed by atoms with van der Waals surface area (Å²) in [5.41, 5.74) is 2.75. The molecule has 4 rings (SSSR count). The van der Waals surface area contributed by atoms with E-state index in [4.69, 9.17) is 14.2 Å². The number of hydrogen-bond acceptors (Lipinski definition) is 6. The van der Waals surface area contributed by atoms with Crippen LogP contribution in [0, 0.1) is 11.3 Å². The Morgan fingerprint density at radius 1 is 1.28 bits per heavy atom. The highest BCUT2D eigenvalue weighted by atomic mass is 16.7. The van der Waals surface area contributed by atoms with Crippen molar-refractivity contribution in [2.45, 2.75) is 58.5 Å². The molecule has 2 aliphatic heterocycles. The molecule has 1 N–H and O–H groups in total. The Labute approximate surface area is 146 Å². The van der Waals surface area contributed by atoms with E-state index in [0.717, 1.165) is 30.4 Å². The van der Waals surface area contributed by atoms with Crippen LogP contribution < -0.4 is 0 Å². The topological polar surface area (TPSA) is 82.1 Å². The molecule has 4 aliphatic rings. The molecule has 6 heteroatoms. The van der Waals surface area contributed by atoms with Gasteiger partial charge in [0.15, 0.2) is 0 Å². The van der Waals surface area contributed by atoms with Crippen molar-refractivity contribution in [2.75, 3.05) is 0 Å². The molecule has 0 saturated carbocycles. The standard InChI is InChI=1S/C19H22O6/c1-9-7-12(24-17(9)21)23-8-11-13-15(20)10-5-4-6-19(2,3)14(10)16(13)25-18(11)22/h7-8,12-13,15-16,20H,4-6H2,1-3H3/b11-8+/t12-,13-,15+,16-/m1/s1. The lowest BCUT2D eigenvalue weighted by molar-refractivity contribution is -0.152. The van der Waals surface area contributed by atoms with Crippen molar-refractivity contribution in [3.63, 3.8) is 0 Å². The minimum atomic E-state index is -0.843. The molecule has 0 aromatic rings. The van der Waals surface area contributed by atoms with Crippen LogP contribution in [-0.2, 0) is 23.8 Å². The van der Waals surface area contributed by atoms with E-state index in [0.29, 0.717) is 11.1 Å². The average Bonchev–Trinajstić information content (AvgIpc) is 3.11. The van der Waals surface area contributed by atoms with Gasteiger partial charge in [0.05, 0.1) is 23.9 Å². The number of carbonyl (C=O) groups excluding carboxylic acids is 2. The van der Waals surface area contributed by atoms with Gasteiger partial charge in [-0.2, -0.15) is 0 Å². The highest BCUT2D eigenvalue weighted by molar-refractivity contribution is 5.93. The molecule has 0 aromatic carbocycles. The molecule has 1 fully saturated rings. The van der Waals surface area contributed by atoms with Gasteiger partial charge in [-0.15, -0.1) is 0 Å². The van der Waals surface area contributed by atoms with Crippen LogP contribution in [-0.4, -0.2) is 35.5 Å². The van der Waals surface area contributed by atoms with Crippen LogP contribution in [0.25, 0.3) is 0 Å². The summed E-state index contributed by atoms with van der Waals surface area (Å²) in [4.78, 5) is 23.7. The zero-order valence-electron chi connectivity index (χ0n) is 14.6. The van der Waals surface area contributed by atoms with Gasteiger partial charge in [0.25, 0.3) is 6.29 Å². The lowest BCUT2D eigenvalue weighted by Gasteiger charge is -2.34. The normalized spacial score (nSPS) is 37.6. The maximum atomic E-state index is 12.3. The number of ether oxygens (including phenoxy) is 3. The fraction of sp³-hybridized carbons (Fsp3) is 0.579. The monoisotopic (exact) mass is 346 g/mol. The van der Waals surface area contributed by atoms with E-state index in [1.165, 1.54) is 6.26 Å². The largest absolute Gasteiger partial charge is 0.458 e. The zero-order valence-corrected chi connectivity index (χ0v) is 14.6. The molecule has 0 bridgehead atoms. The Bertz CT molecular complexity index is 741. The first-order chi connectivity index (χ1) is 11.8. The van der Waals surface area contributed by atoms with Gasteiger partial charge < -0.3 is 19.3 Å². The summed E-state index contributed by atoms with van der Waals surface area (Å²) in [5.74, 6) is -1.36. The minimum Gasteiger partial charge on any atom is -0.458 e. The molecule has 134 valence electrons. The van der Waals surface area contributed by atoms with Crippen molar-refractivity contribution in [3.05, 3.63) is 34.6 Å². The Balaban J connectivity index is 1.60. The first kappa shape index (κ1) is 16.4. The molecule has 0 spiro atoms. The van der Waals surface area contributed by atoms with E-state index in [2.05, 4.69) is 13.8 Å². The third kappa shape index (κ3) is 2.42. The quantitative estimate of drug-likeness (QED) is 0.357. The van der Waals surface area contributed by atoms with Crippen LogP contribution in [0.2, 0.25) is 0 Å². The number of hydrogen-bond donors (Lipinski definition) is 1. The van der Waals surface area contributed by atoms with E-state index < -0.39 is 36.4 Å². The second kappa shape index (κ2) is 5.46. The summed E-state index contributed by atoms with van der Waals surface area (Å²) in [6.07, 6.45) is 3.70. The summed E-state index contributed by atoms with van der Waals surface area (Å²) in [6, 6.07) is 0. The number of fused-ring (bicyclic) bond motifs is 2. The van der Waals surface area contributed by atoms with Gasteiger partial charge in [0.2, 0.25) is 0 Å². The lowest BCUT2D eigenvalue weighted by atomic mass is 9.72. The number of esters is 2. The van der Waals surface area contributed by atoms with Crippen molar-refractivity contribution >= 4 is 11.9 Å². The van der Waals surface area contributed by atoms with Gasteiger partial charge in [-0.3, -0.25) is 0 Å². The minimum absolute atomic E-state index is 0.0919. The van der Waals surface area contributed by atoms with Crippen molar-refractivity contribution in [3.8, 4) is 0 Å². The van der Waals surface area contributed by atoms with Gasteiger partial charge in [-0.25, -0.2) is 9.59 Å². The molecule has 0 radical (unpaired) electrons. The highest BCUT2D eigenvalue weighted by Crippen LogP contribution is 2.54. The van der Waals surface area contributed by atoms with Gasteiger partial charge >= 0.3 is 11.9 Å². The van der Waals surface area contributed by atoms with E-state index in [1.807, 2.05) is 0 Å². The maximum absolute atomic E-state index is 12.3. The van der Waals surface area contributed by atoms with Crippen LogP contribution in [0.4, 0.5) is 0 Å². The van der Waals surface area contributed by atoms with Gasteiger partial charge in [0, 0.05) is 11.6 Å². The van der Waals surface area contributed by atoms with Crippen molar-refractivity contribution in [2.24, 2.45) is 11.3 Å². The third-order valence-corrected chi connectivity index (χ3v) is 5.72. The first-order valence-corrected chi connectivity index (χ1v) is 8.67. The zero-order chi connectivity index (χ0) is 17.9. The summed E-state index contributed by atoms with van der Waals surface area (Å²) >= 11 is 0. The Morgan fingerprint density at radius 2 is 2.04 bits per heavy atom. The third-order valence-electron chi connectivity index (χ3n) is 5.72. The number of cyclic esters (lactones) is 1. The van der Waals surface area contributed by atoms with E-state index in [9.17, 15) is 14.7 Å². The van der Waals surface area contributed by atoms with Crippen LogP contribution in [0.1, 0.15) is 40.0 Å². The van der Waals surface area contributed by atoms with Crippen LogP contribution in [0.15, 0.2) is 34.6 Å². The number of carbonyl (C=O) groups is 2. The second-order valence-electron chi connectivity index (χ2n) is 7.81. The predicted octanol–water partition coefficient (Wildman–Crippen LogP) is 2.14. The summed E-state index contributed by atoms with van der Waals surface area (Å²) in [7, 11) is 0. The Kier molecular flexibility index (Phi) is 3.58. The number of aliphatic hydroxyl groups excluding tert-OH is 1. The molecule has 2 heterocycles. The predicted molar refractivity (Wildman–Crippen MR) is 86.8 cm³/mol. The first-order valence-electron chi connectivity index (χ1n) is 8.67. The Morgan fingerprint density at radius 3 is 2.72 bits per heavy atom. The molecule has 0 unspecified atom stereocenters. The SMILES string of the molecule is CC1=C[C@H](O/C=C2/C(=O)O[C@H]3C4=C(CCCC4(C)C)[C@H](O)[C@@H]23)OC1=O.